The summed E-state index contributed by atoms with van der Waals surface area (Å²) in [6.45, 7) is 7.84. The van der Waals surface area contributed by atoms with Gasteiger partial charge in [0, 0.05) is 30.9 Å². The van der Waals surface area contributed by atoms with Gasteiger partial charge in [0.25, 0.3) is 0 Å². The molecule has 2 heterocycles. The van der Waals surface area contributed by atoms with E-state index in [-0.39, 0.29) is 16.3 Å². The van der Waals surface area contributed by atoms with Crippen LogP contribution in [0.4, 0.5) is 10.9 Å². The van der Waals surface area contributed by atoms with Crippen LogP contribution in [-0.4, -0.2) is 62.3 Å². The maximum Gasteiger partial charge on any atom is 0.237 e. The molecule has 194 valence electrons. The van der Waals surface area contributed by atoms with Crippen molar-refractivity contribution >= 4 is 50.6 Å². The highest BCUT2D eigenvalue weighted by atomic mass is 32.2. The summed E-state index contributed by atoms with van der Waals surface area (Å²) in [7, 11) is -1.88. The number of amides is 1. The smallest absolute Gasteiger partial charge is 0.237 e. The van der Waals surface area contributed by atoms with E-state index in [0.29, 0.717) is 55.6 Å². The van der Waals surface area contributed by atoms with E-state index in [1.807, 2.05) is 13.8 Å². The van der Waals surface area contributed by atoms with Crippen LogP contribution in [0.5, 0.6) is 0 Å². The van der Waals surface area contributed by atoms with E-state index >= 15 is 0 Å². The summed E-state index contributed by atoms with van der Waals surface area (Å²) >= 11 is 1.15. The topological polar surface area (TPSA) is 144 Å². The number of rotatable bonds is 14. The molecule has 2 N–H and O–H groups in total. The lowest BCUT2D eigenvalue weighted by Crippen LogP contribution is -2.23. The summed E-state index contributed by atoms with van der Waals surface area (Å²) in [5.41, 5.74) is 1.87. The monoisotopic (exact) mass is 534 g/mol. The van der Waals surface area contributed by atoms with E-state index in [4.69, 9.17) is 9.47 Å². The van der Waals surface area contributed by atoms with Crippen molar-refractivity contribution in [2.45, 2.75) is 44.3 Å². The Kier molecular flexibility index (Phi) is 9.67. The summed E-state index contributed by atoms with van der Waals surface area (Å²) in [6.07, 6.45) is 4.70. The van der Waals surface area contributed by atoms with E-state index in [1.165, 1.54) is 6.20 Å². The highest BCUT2D eigenvalue weighted by Crippen LogP contribution is 2.32. The average molecular weight is 535 g/mol. The van der Waals surface area contributed by atoms with Crippen molar-refractivity contribution in [3.05, 3.63) is 47.1 Å². The van der Waals surface area contributed by atoms with E-state index in [0.717, 1.165) is 16.9 Å². The van der Waals surface area contributed by atoms with E-state index in [1.54, 1.807) is 30.8 Å². The van der Waals surface area contributed by atoms with Gasteiger partial charge in [0.1, 0.15) is 5.82 Å². The Bertz CT molecular complexity index is 1220. The van der Waals surface area contributed by atoms with Crippen LogP contribution in [0, 0.1) is 0 Å². The first-order valence-electron chi connectivity index (χ1n) is 11.3. The van der Waals surface area contributed by atoms with Crippen LogP contribution in [-0.2, 0) is 24.3 Å². The molecule has 13 heteroatoms. The molecule has 1 atom stereocenters. The first-order valence-corrected chi connectivity index (χ1v) is 13.8. The Morgan fingerprint density at radius 1 is 1.39 bits per heavy atom. The Balaban J connectivity index is 1.71. The molecule has 36 heavy (non-hydrogen) atoms. The number of thiazole rings is 1. The number of nitrogens with zero attached hydrogens (tertiary/aromatic N) is 4. The number of carbonyl (C=O) groups excluding carboxylic acids is 1. The minimum Gasteiger partial charge on any atom is -0.477 e. The summed E-state index contributed by atoms with van der Waals surface area (Å²) in [5.74, 6) is -0.267. The minimum atomic E-state index is -3.43. The molecule has 0 spiro atoms. The second-order valence-electron chi connectivity index (χ2n) is 7.96. The molecule has 1 saturated carbocycles. The molecule has 1 aliphatic carbocycles. The predicted octanol–water partition coefficient (Wildman–Crippen LogP) is 3.55. The van der Waals surface area contributed by atoms with Crippen LogP contribution in [0.25, 0.3) is 0 Å². The zero-order valence-electron chi connectivity index (χ0n) is 20.4. The molecule has 2 aromatic rings. The lowest BCUT2D eigenvalue weighted by molar-refractivity contribution is -0.118. The maximum atomic E-state index is 13.1. The fourth-order valence-corrected chi connectivity index (χ4v) is 5.54. The summed E-state index contributed by atoms with van der Waals surface area (Å²) in [4.78, 5) is 29.9. The number of anilines is 2. The van der Waals surface area contributed by atoms with Crippen molar-refractivity contribution in [3.63, 3.8) is 0 Å². The lowest BCUT2D eigenvalue weighted by Gasteiger charge is -2.14. The molecule has 0 radical (unpaired) electrons. The number of sulfonamides is 1. The van der Waals surface area contributed by atoms with E-state index in [9.17, 15) is 13.2 Å². The Labute approximate surface area is 214 Å². The van der Waals surface area contributed by atoms with Gasteiger partial charge in [-0.1, -0.05) is 0 Å². The SMILES string of the molecule is C=N/C=C(\N=C(C)c1ccc(NC(=O)C(CCOC)c2csc(NS(=O)(=O)C3CC3)n2)nc1)OCC. The number of ether oxygens (including phenoxy) is 2. The number of nitrogens with one attached hydrogen (secondary N) is 2. The Hall–Kier alpha value is -3.16. The zero-order chi connectivity index (χ0) is 26.1. The molecule has 1 amide bonds. The molecule has 0 aromatic carbocycles. The quantitative estimate of drug-likeness (QED) is 0.279. The van der Waals surface area contributed by atoms with Crippen molar-refractivity contribution in [2.75, 3.05) is 30.4 Å². The zero-order valence-corrected chi connectivity index (χ0v) is 22.1. The molecule has 0 aliphatic heterocycles. The number of hydrogen-bond donors (Lipinski definition) is 2. The maximum absolute atomic E-state index is 13.1. The van der Waals surface area contributed by atoms with Crippen LogP contribution < -0.4 is 10.0 Å². The van der Waals surface area contributed by atoms with Gasteiger partial charge in [-0.05, 0) is 52.0 Å². The van der Waals surface area contributed by atoms with Gasteiger partial charge in [0.15, 0.2) is 5.13 Å². The lowest BCUT2D eigenvalue weighted by atomic mass is 10.0. The predicted molar refractivity (Wildman–Crippen MR) is 141 cm³/mol. The molecule has 3 rings (SSSR count). The molecular weight excluding hydrogens is 504 g/mol. The molecule has 11 nitrogen and oxygen atoms in total. The summed E-state index contributed by atoms with van der Waals surface area (Å²) in [5, 5.41) is 4.37. The Morgan fingerprint density at radius 3 is 2.78 bits per heavy atom. The van der Waals surface area contributed by atoms with Gasteiger partial charge in [0.05, 0.1) is 35.4 Å². The third-order valence-electron chi connectivity index (χ3n) is 5.20. The molecule has 0 saturated heterocycles. The molecule has 0 bridgehead atoms. The van der Waals surface area contributed by atoms with E-state index < -0.39 is 15.9 Å². The van der Waals surface area contributed by atoms with E-state index in [2.05, 4.69) is 36.7 Å². The first kappa shape index (κ1) is 27.4. The van der Waals surface area contributed by atoms with Crippen LogP contribution in [0.2, 0.25) is 0 Å². The fourth-order valence-electron chi connectivity index (χ4n) is 3.17. The first-order chi connectivity index (χ1) is 17.3. The molecule has 1 aliphatic rings. The number of hydrogen-bond acceptors (Lipinski definition) is 10. The third kappa shape index (κ3) is 7.67. The van der Waals surface area contributed by atoms with Gasteiger partial charge in [-0.3, -0.25) is 14.5 Å². The fraction of sp³-hybridized carbons (Fsp3) is 0.435. The van der Waals surface area contributed by atoms with Gasteiger partial charge in [-0.2, -0.15) is 0 Å². The number of pyridine rings is 1. The van der Waals surface area contributed by atoms with Gasteiger partial charge in [-0.15, -0.1) is 11.3 Å². The van der Waals surface area contributed by atoms with Crippen LogP contribution in [0.3, 0.4) is 0 Å². The third-order valence-corrected chi connectivity index (χ3v) is 7.94. The summed E-state index contributed by atoms with van der Waals surface area (Å²) < 4.78 is 37.5. The highest BCUT2D eigenvalue weighted by Gasteiger charge is 2.36. The van der Waals surface area contributed by atoms with Crippen molar-refractivity contribution in [3.8, 4) is 0 Å². The molecule has 1 unspecified atom stereocenters. The number of carbonyl (C=O) groups is 1. The summed E-state index contributed by atoms with van der Waals surface area (Å²) in [6, 6.07) is 3.45. The largest absolute Gasteiger partial charge is 0.477 e. The standard InChI is InChI=1S/C23H30N6O5S2/c1-5-34-21(13-24-3)26-15(2)16-6-9-20(25-12-16)28-22(30)18(10-11-33-4)19-14-35-23(27-19)29-36(31,32)17-7-8-17/h6,9,12-14,17-18H,3,5,7-8,10-11H2,1-2,4H3,(H,27,29)(H,25,28,30)/b21-13+,26-15?. The second-order valence-corrected chi connectivity index (χ2v) is 10.8. The van der Waals surface area contributed by atoms with Crippen LogP contribution >= 0.6 is 11.3 Å². The highest BCUT2D eigenvalue weighted by molar-refractivity contribution is 7.93. The van der Waals surface area contributed by atoms with Crippen LogP contribution in [0.1, 0.15) is 50.3 Å². The number of methoxy groups -OCH3 is 1. The van der Waals surface area contributed by atoms with Gasteiger partial charge >= 0.3 is 0 Å². The number of aromatic nitrogens is 2. The Morgan fingerprint density at radius 2 is 2.17 bits per heavy atom. The van der Waals surface area contributed by atoms with Crippen molar-refractivity contribution in [1.29, 1.82) is 0 Å². The van der Waals surface area contributed by atoms with Crippen molar-refractivity contribution in [1.82, 2.24) is 9.97 Å². The van der Waals surface area contributed by atoms with Gasteiger partial charge in [-0.25, -0.2) is 23.4 Å². The molecule has 1 fully saturated rings. The van der Waals surface area contributed by atoms with Gasteiger partial charge < -0.3 is 14.8 Å². The van der Waals surface area contributed by atoms with Crippen molar-refractivity contribution < 1.29 is 22.7 Å². The normalized spacial score (nSPS) is 15.3. The van der Waals surface area contributed by atoms with Crippen LogP contribution in [0.15, 0.2) is 45.8 Å². The van der Waals surface area contributed by atoms with Crippen molar-refractivity contribution in [2.24, 2.45) is 9.98 Å². The number of aliphatic imine (C=N–C) groups is 2. The molecule has 2 aromatic heterocycles. The minimum absolute atomic E-state index is 0.247. The van der Waals surface area contributed by atoms with Gasteiger partial charge in [0.2, 0.25) is 21.8 Å². The molecular formula is C23H30N6O5S2. The second kappa shape index (κ2) is 12.7. The average Bonchev–Trinajstić information content (AvgIpc) is 3.62.